The molecule has 0 bridgehead atoms. The Kier molecular flexibility index (Phi) is 6.83. The topological polar surface area (TPSA) is 17.1 Å². The van der Waals surface area contributed by atoms with Crippen LogP contribution in [0.4, 0.5) is 0 Å². The normalized spacial score (nSPS) is 12.7. The average Bonchev–Trinajstić information content (AvgIpc) is 2.43. The molecule has 1 rings (SSSR count). The van der Waals surface area contributed by atoms with Crippen molar-refractivity contribution in [3.05, 3.63) is 35.4 Å². The van der Waals surface area contributed by atoms with Gasteiger partial charge in [-0.15, -0.1) is 0 Å². The van der Waals surface area contributed by atoms with Crippen LogP contribution in [0.1, 0.15) is 81.6 Å². The van der Waals surface area contributed by atoms with E-state index in [4.69, 9.17) is 0 Å². The van der Waals surface area contributed by atoms with Crippen LogP contribution in [0, 0.1) is 5.92 Å². The lowest BCUT2D eigenvalue weighted by Gasteiger charge is -2.13. The number of hydrogen-bond acceptors (Lipinski definition) is 1. The van der Waals surface area contributed by atoms with Crippen molar-refractivity contribution in [3.8, 4) is 0 Å². The van der Waals surface area contributed by atoms with Crippen LogP contribution < -0.4 is 0 Å². The van der Waals surface area contributed by atoms with Gasteiger partial charge in [-0.05, 0) is 17.4 Å². The van der Waals surface area contributed by atoms with Gasteiger partial charge in [-0.25, -0.2) is 0 Å². The third-order valence-electron chi connectivity index (χ3n) is 3.92. The average molecular weight is 260 g/mol. The zero-order valence-corrected chi connectivity index (χ0v) is 12.9. The maximum Gasteiger partial charge on any atom is 0.163 e. The highest BCUT2D eigenvalue weighted by Gasteiger charge is 2.13. The fourth-order valence-corrected chi connectivity index (χ4v) is 2.38. The number of benzene rings is 1. The van der Waals surface area contributed by atoms with Gasteiger partial charge in [-0.3, -0.25) is 4.79 Å². The van der Waals surface area contributed by atoms with Gasteiger partial charge in [0.2, 0.25) is 0 Å². The first-order chi connectivity index (χ1) is 9.08. The summed E-state index contributed by atoms with van der Waals surface area (Å²) in [6.45, 7) is 8.75. The number of hydrogen-bond donors (Lipinski definition) is 0. The highest BCUT2D eigenvalue weighted by molar-refractivity contribution is 5.96. The van der Waals surface area contributed by atoms with Crippen LogP contribution in [-0.4, -0.2) is 5.78 Å². The van der Waals surface area contributed by atoms with Crippen molar-refractivity contribution in [2.75, 3.05) is 0 Å². The molecule has 1 aromatic rings. The van der Waals surface area contributed by atoms with E-state index in [1.165, 1.54) is 24.8 Å². The SMILES string of the molecule is CCCCC(CC)CC(=O)c1ccc(C(C)C)cc1. The molecule has 0 fully saturated rings. The van der Waals surface area contributed by atoms with Gasteiger partial charge < -0.3 is 0 Å². The minimum Gasteiger partial charge on any atom is -0.294 e. The molecule has 0 aliphatic carbocycles. The molecule has 19 heavy (non-hydrogen) atoms. The molecule has 1 atom stereocenters. The predicted molar refractivity (Wildman–Crippen MR) is 82.8 cm³/mol. The molecule has 1 nitrogen and oxygen atoms in total. The van der Waals surface area contributed by atoms with Gasteiger partial charge in [0.25, 0.3) is 0 Å². The summed E-state index contributed by atoms with van der Waals surface area (Å²) in [6.07, 6.45) is 5.45. The molecule has 0 heterocycles. The second kappa shape index (κ2) is 8.14. The lowest BCUT2D eigenvalue weighted by molar-refractivity contribution is 0.0957. The fourth-order valence-electron chi connectivity index (χ4n) is 2.38. The van der Waals surface area contributed by atoms with Gasteiger partial charge in [0.15, 0.2) is 5.78 Å². The number of unbranched alkanes of at least 4 members (excludes halogenated alkanes) is 1. The molecule has 0 aliphatic heterocycles. The van der Waals surface area contributed by atoms with Gasteiger partial charge in [-0.1, -0.05) is 77.6 Å². The van der Waals surface area contributed by atoms with Gasteiger partial charge in [-0.2, -0.15) is 0 Å². The molecule has 1 unspecified atom stereocenters. The third-order valence-corrected chi connectivity index (χ3v) is 3.92. The van der Waals surface area contributed by atoms with Crippen LogP contribution >= 0.6 is 0 Å². The molecule has 0 saturated heterocycles. The van der Waals surface area contributed by atoms with E-state index in [-0.39, 0.29) is 0 Å². The zero-order valence-electron chi connectivity index (χ0n) is 12.9. The highest BCUT2D eigenvalue weighted by atomic mass is 16.1. The van der Waals surface area contributed by atoms with Gasteiger partial charge >= 0.3 is 0 Å². The number of rotatable bonds is 8. The van der Waals surface area contributed by atoms with Crippen molar-refractivity contribution >= 4 is 5.78 Å². The summed E-state index contributed by atoms with van der Waals surface area (Å²) < 4.78 is 0. The van der Waals surface area contributed by atoms with Crippen LogP contribution in [-0.2, 0) is 0 Å². The first kappa shape index (κ1) is 15.9. The molecular weight excluding hydrogens is 232 g/mol. The monoisotopic (exact) mass is 260 g/mol. The molecule has 106 valence electrons. The van der Waals surface area contributed by atoms with E-state index in [0.29, 0.717) is 24.0 Å². The summed E-state index contributed by atoms with van der Waals surface area (Å²) >= 11 is 0. The van der Waals surface area contributed by atoms with Gasteiger partial charge in [0.05, 0.1) is 0 Å². The van der Waals surface area contributed by atoms with Crippen molar-refractivity contribution in [1.29, 1.82) is 0 Å². The standard InChI is InChI=1S/C18H28O/c1-5-7-8-15(6-2)13-18(19)17-11-9-16(10-12-17)14(3)4/h9-12,14-15H,5-8,13H2,1-4H3. The number of carbonyl (C=O) groups excluding carboxylic acids is 1. The second-order valence-electron chi connectivity index (χ2n) is 5.82. The van der Waals surface area contributed by atoms with E-state index in [9.17, 15) is 4.79 Å². The Balaban J connectivity index is 2.61. The molecule has 1 heteroatoms. The number of ketones is 1. The van der Waals surface area contributed by atoms with Crippen molar-refractivity contribution in [2.24, 2.45) is 5.92 Å². The van der Waals surface area contributed by atoms with Crippen LogP contribution in [0.5, 0.6) is 0 Å². The fraction of sp³-hybridized carbons (Fsp3) is 0.611. The van der Waals surface area contributed by atoms with Crippen LogP contribution in [0.15, 0.2) is 24.3 Å². The molecule has 1 aromatic carbocycles. The largest absolute Gasteiger partial charge is 0.294 e. The van der Waals surface area contributed by atoms with E-state index in [2.05, 4.69) is 39.8 Å². The first-order valence-corrected chi connectivity index (χ1v) is 7.71. The Morgan fingerprint density at radius 3 is 2.21 bits per heavy atom. The minimum atomic E-state index is 0.304. The molecule has 0 spiro atoms. The number of carbonyl (C=O) groups is 1. The summed E-state index contributed by atoms with van der Waals surface area (Å²) in [6, 6.07) is 8.16. The van der Waals surface area contributed by atoms with E-state index < -0.39 is 0 Å². The van der Waals surface area contributed by atoms with E-state index in [1.807, 2.05) is 12.1 Å². The van der Waals surface area contributed by atoms with Crippen molar-refractivity contribution < 1.29 is 4.79 Å². The van der Waals surface area contributed by atoms with E-state index >= 15 is 0 Å². The van der Waals surface area contributed by atoms with Gasteiger partial charge in [0.1, 0.15) is 0 Å². The van der Waals surface area contributed by atoms with Gasteiger partial charge in [0, 0.05) is 12.0 Å². The first-order valence-electron chi connectivity index (χ1n) is 7.71. The Bertz CT molecular complexity index is 375. The Morgan fingerprint density at radius 1 is 1.11 bits per heavy atom. The molecular formula is C18H28O. The molecule has 0 aliphatic rings. The number of Topliss-reactive ketones (excluding diaryl/α,β-unsaturated/α-hetero) is 1. The Morgan fingerprint density at radius 2 is 1.74 bits per heavy atom. The summed E-state index contributed by atoms with van der Waals surface area (Å²) in [5.41, 5.74) is 2.17. The van der Waals surface area contributed by atoms with E-state index in [1.54, 1.807) is 0 Å². The van der Waals surface area contributed by atoms with Crippen LogP contribution in [0.25, 0.3) is 0 Å². The van der Waals surface area contributed by atoms with Crippen molar-refractivity contribution in [3.63, 3.8) is 0 Å². The summed E-state index contributed by atoms with van der Waals surface area (Å²) in [7, 11) is 0. The summed E-state index contributed by atoms with van der Waals surface area (Å²) in [4.78, 5) is 12.3. The molecule has 0 saturated carbocycles. The Labute approximate surface area is 118 Å². The molecule has 0 aromatic heterocycles. The Hall–Kier alpha value is -1.11. The van der Waals surface area contributed by atoms with Crippen LogP contribution in [0.2, 0.25) is 0 Å². The summed E-state index contributed by atoms with van der Waals surface area (Å²) in [5, 5.41) is 0. The predicted octanol–water partition coefficient (Wildman–Crippen LogP) is 5.60. The molecule has 0 amide bonds. The quantitative estimate of drug-likeness (QED) is 0.556. The maximum absolute atomic E-state index is 12.3. The maximum atomic E-state index is 12.3. The minimum absolute atomic E-state index is 0.304. The van der Waals surface area contributed by atoms with E-state index in [0.717, 1.165) is 12.0 Å². The smallest absolute Gasteiger partial charge is 0.163 e. The molecule has 0 radical (unpaired) electrons. The lowest BCUT2D eigenvalue weighted by atomic mass is 9.91. The molecule has 0 N–H and O–H groups in total. The zero-order chi connectivity index (χ0) is 14.3. The van der Waals surface area contributed by atoms with Crippen LogP contribution in [0.3, 0.4) is 0 Å². The van der Waals surface area contributed by atoms with Crippen molar-refractivity contribution in [2.45, 2.75) is 65.7 Å². The third kappa shape index (κ3) is 5.18. The highest BCUT2D eigenvalue weighted by Crippen LogP contribution is 2.21. The summed E-state index contributed by atoms with van der Waals surface area (Å²) in [5.74, 6) is 1.38. The second-order valence-corrected chi connectivity index (χ2v) is 5.82. The lowest BCUT2D eigenvalue weighted by Crippen LogP contribution is -2.08. The van der Waals surface area contributed by atoms with Crippen molar-refractivity contribution in [1.82, 2.24) is 0 Å².